The number of carbonyl (C=O) groups is 1. The van der Waals surface area contributed by atoms with Crippen molar-refractivity contribution in [3.63, 3.8) is 0 Å². The van der Waals surface area contributed by atoms with Crippen molar-refractivity contribution >= 4 is 6.03 Å². The summed E-state index contributed by atoms with van der Waals surface area (Å²) in [6.07, 6.45) is 3.91. The quantitative estimate of drug-likeness (QED) is 0.551. The van der Waals surface area contributed by atoms with Crippen molar-refractivity contribution in [2.45, 2.75) is 53.1 Å². The van der Waals surface area contributed by atoms with Crippen molar-refractivity contribution in [3.8, 4) is 0 Å². The number of hydrogen-bond donors (Lipinski definition) is 4. The van der Waals surface area contributed by atoms with Crippen LogP contribution in [0.25, 0.3) is 0 Å². The van der Waals surface area contributed by atoms with Gasteiger partial charge in [-0.25, -0.2) is 4.79 Å². The van der Waals surface area contributed by atoms with E-state index in [-0.39, 0.29) is 17.6 Å². The number of hydrogen-bond acceptors (Lipinski definition) is 3. The Morgan fingerprint density at radius 3 is 2.76 bits per heavy atom. The van der Waals surface area contributed by atoms with E-state index in [0.717, 1.165) is 18.5 Å². The number of urea groups is 1. The summed E-state index contributed by atoms with van der Waals surface area (Å²) in [7, 11) is 0. The molecule has 0 fully saturated rings. The fourth-order valence-corrected chi connectivity index (χ4v) is 2.36. The smallest absolute Gasteiger partial charge is 0.314 e. The highest BCUT2D eigenvalue weighted by Gasteiger charge is 2.20. The van der Waals surface area contributed by atoms with E-state index < -0.39 is 0 Å². The summed E-state index contributed by atoms with van der Waals surface area (Å²) in [5, 5.41) is 22.0. The van der Waals surface area contributed by atoms with E-state index in [1.54, 1.807) is 6.92 Å². The Morgan fingerprint density at radius 1 is 1.48 bits per heavy atom. The van der Waals surface area contributed by atoms with Crippen molar-refractivity contribution in [1.29, 1.82) is 0 Å². The lowest BCUT2D eigenvalue weighted by atomic mass is 9.87. The molecule has 0 saturated heterocycles. The first-order valence-electron chi connectivity index (χ1n) is 7.49. The molecule has 0 aliphatic rings. The molecule has 0 aliphatic carbocycles. The molecule has 0 spiro atoms. The third-order valence-corrected chi connectivity index (χ3v) is 3.42. The van der Waals surface area contributed by atoms with Gasteiger partial charge in [-0.05, 0) is 44.1 Å². The lowest BCUT2D eigenvalue weighted by molar-refractivity contribution is 0.129. The number of aryl methyl sites for hydroxylation is 2. The maximum atomic E-state index is 11.7. The van der Waals surface area contributed by atoms with Gasteiger partial charge in [-0.2, -0.15) is 5.10 Å². The summed E-state index contributed by atoms with van der Waals surface area (Å²) in [5.41, 5.74) is 2.16. The van der Waals surface area contributed by atoms with Gasteiger partial charge in [0.1, 0.15) is 0 Å². The monoisotopic (exact) mass is 296 g/mol. The van der Waals surface area contributed by atoms with Crippen LogP contribution in [-0.4, -0.2) is 40.5 Å². The van der Waals surface area contributed by atoms with Crippen molar-refractivity contribution in [3.05, 3.63) is 17.5 Å². The molecule has 0 aromatic carbocycles. The van der Waals surface area contributed by atoms with E-state index in [4.69, 9.17) is 0 Å². The van der Waals surface area contributed by atoms with Gasteiger partial charge in [0.2, 0.25) is 0 Å². The molecule has 120 valence electrons. The predicted molar refractivity (Wildman–Crippen MR) is 83.1 cm³/mol. The van der Waals surface area contributed by atoms with Crippen LogP contribution < -0.4 is 10.6 Å². The normalized spacial score (nSPS) is 13.0. The molecule has 1 aromatic rings. The van der Waals surface area contributed by atoms with Crippen LogP contribution in [-0.2, 0) is 6.42 Å². The van der Waals surface area contributed by atoms with Crippen LogP contribution in [0, 0.1) is 12.3 Å². The van der Waals surface area contributed by atoms with Gasteiger partial charge in [-0.15, -0.1) is 0 Å². The number of carbonyl (C=O) groups excluding carboxylic acids is 1. The molecular formula is C15H28N4O2. The first-order valence-corrected chi connectivity index (χ1v) is 7.49. The molecule has 6 nitrogen and oxygen atoms in total. The van der Waals surface area contributed by atoms with Crippen LogP contribution in [0.4, 0.5) is 4.79 Å². The molecule has 4 N–H and O–H groups in total. The highest BCUT2D eigenvalue weighted by atomic mass is 16.3. The molecule has 0 aliphatic heterocycles. The van der Waals surface area contributed by atoms with E-state index in [9.17, 15) is 9.90 Å². The zero-order chi connectivity index (χ0) is 15.9. The number of nitrogens with one attached hydrogen (secondary N) is 3. The van der Waals surface area contributed by atoms with Crippen LogP contribution >= 0.6 is 0 Å². The third-order valence-electron chi connectivity index (χ3n) is 3.42. The summed E-state index contributed by atoms with van der Waals surface area (Å²) < 4.78 is 0. The predicted octanol–water partition coefficient (Wildman–Crippen LogP) is 1.75. The Hall–Kier alpha value is -1.56. The minimum Gasteiger partial charge on any atom is -0.393 e. The van der Waals surface area contributed by atoms with Gasteiger partial charge >= 0.3 is 6.03 Å². The lowest BCUT2D eigenvalue weighted by Crippen LogP contribution is -2.41. The summed E-state index contributed by atoms with van der Waals surface area (Å²) >= 11 is 0. The summed E-state index contributed by atoms with van der Waals surface area (Å²) in [6, 6.07) is -0.155. The second-order valence-electron chi connectivity index (χ2n) is 6.45. The highest BCUT2D eigenvalue weighted by Crippen LogP contribution is 2.20. The second-order valence-corrected chi connectivity index (χ2v) is 6.45. The summed E-state index contributed by atoms with van der Waals surface area (Å²) in [6.45, 7) is 8.99. The second kappa shape index (κ2) is 8.02. The fourth-order valence-electron chi connectivity index (χ4n) is 2.36. The molecular weight excluding hydrogens is 268 g/mol. The summed E-state index contributed by atoms with van der Waals surface area (Å²) in [5.74, 6) is 0. The maximum absolute atomic E-state index is 11.7. The van der Waals surface area contributed by atoms with E-state index in [0.29, 0.717) is 19.5 Å². The number of rotatable bonds is 8. The van der Waals surface area contributed by atoms with Crippen LogP contribution in [0.5, 0.6) is 0 Å². The number of aliphatic hydroxyl groups is 1. The fraction of sp³-hybridized carbons (Fsp3) is 0.733. The average molecular weight is 296 g/mol. The molecule has 6 heteroatoms. The molecule has 0 bridgehead atoms. The van der Waals surface area contributed by atoms with Gasteiger partial charge in [0.25, 0.3) is 0 Å². The Balaban J connectivity index is 2.15. The standard InChI is InChI=1S/C15H28N4O2/c1-11(20)8-15(3,4)10-17-14(21)16-7-5-6-13-9-18-19-12(13)2/h9,11,20H,5-8,10H2,1-4H3,(H,18,19)(H2,16,17,21). The largest absolute Gasteiger partial charge is 0.393 e. The molecule has 1 heterocycles. The Labute approximate surface area is 126 Å². The molecule has 1 rings (SSSR count). The minimum atomic E-state index is -0.358. The SMILES string of the molecule is Cc1[nH]ncc1CCCNC(=O)NCC(C)(C)CC(C)O. The van der Waals surface area contributed by atoms with Gasteiger partial charge in [0, 0.05) is 18.8 Å². The molecule has 0 radical (unpaired) electrons. The minimum absolute atomic E-state index is 0.112. The van der Waals surface area contributed by atoms with Crippen LogP contribution in [0.1, 0.15) is 44.9 Å². The number of amides is 2. The van der Waals surface area contributed by atoms with Gasteiger partial charge in [0.15, 0.2) is 0 Å². The number of nitrogens with zero attached hydrogens (tertiary/aromatic N) is 1. The first-order chi connectivity index (χ1) is 9.80. The van der Waals surface area contributed by atoms with Crippen molar-refractivity contribution in [2.24, 2.45) is 5.41 Å². The molecule has 1 aromatic heterocycles. The van der Waals surface area contributed by atoms with Crippen LogP contribution in [0.15, 0.2) is 6.20 Å². The topological polar surface area (TPSA) is 90.0 Å². The van der Waals surface area contributed by atoms with Crippen molar-refractivity contribution < 1.29 is 9.90 Å². The molecule has 1 atom stereocenters. The van der Waals surface area contributed by atoms with E-state index >= 15 is 0 Å². The molecule has 2 amide bonds. The average Bonchev–Trinajstić information content (AvgIpc) is 2.76. The van der Waals surface area contributed by atoms with Crippen LogP contribution in [0.2, 0.25) is 0 Å². The molecule has 0 saturated carbocycles. The first kappa shape index (κ1) is 17.5. The summed E-state index contributed by atoms with van der Waals surface area (Å²) in [4.78, 5) is 11.7. The number of aromatic amines is 1. The number of aromatic nitrogens is 2. The Morgan fingerprint density at radius 2 is 2.19 bits per heavy atom. The maximum Gasteiger partial charge on any atom is 0.314 e. The highest BCUT2D eigenvalue weighted by molar-refractivity contribution is 5.73. The van der Waals surface area contributed by atoms with Gasteiger partial charge in [0.05, 0.1) is 12.3 Å². The van der Waals surface area contributed by atoms with Crippen molar-refractivity contribution in [1.82, 2.24) is 20.8 Å². The number of aliphatic hydroxyl groups excluding tert-OH is 1. The van der Waals surface area contributed by atoms with Crippen LogP contribution in [0.3, 0.4) is 0 Å². The van der Waals surface area contributed by atoms with Gasteiger partial charge in [-0.3, -0.25) is 5.10 Å². The van der Waals surface area contributed by atoms with Gasteiger partial charge < -0.3 is 15.7 Å². The van der Waals surface area contributed by atoms with Gasteiger partial charge in [-0.1, -0.05) is 13.8 Å². The molecule has 21 heavy (non-hydrogen) atoms. The van der Waals surface area contributed by atoms with E-state index in [1.165, 1.54) is 5.56 Å². The van der Waals surface area contributed by atoms with E-state index in [2.05, 4.69) is 20.8 Å². The third kappa shape index (κ3) is 7.13. The Kier molecular flexibility index (Phi) is 6.68. The number of H-pyrrole nitrogens is 1. The zero-order valence-corrected chi connectivity index (χ0v) is 13.5. The zero-order valence-electron chi connectivity index (χ0n) is 13.5. The lowest BCUT2D eigenvalue weighted by Gasteiger charge is -2.26. The Bertz CT molecular complexity index is 441. The van der Waals surface area contributed by atoms with Crippen molar-refractivity contribution in [2.75, 3.05) is 13.1 Å². The molecule has 1 unspecified atom stereocenters. The van der Waals surface area contributed by atoms with E-state index in [1.807, 2.05) is 27.0 Å².